The number of benzene rings is 3. The van der Waals surface area contributed by atoms with Crippen LogP contribution in [0.5, 0.6) is 0 Å². The van der Waals surface area contributed by atoms with Crippen LogP contribution in [0.1, 0.15) is 65.5 Å². The van der Waals surface area contributed by atoms with E-state index in [9.17, 15) is 0 Å². The van der Waals surface area contributed by atoms with Gasteiger partial charge in [0.25, 0.3) is 0 Å². The Morgan fingerprint density at radius 1 is 0.600 bits per heavy atom. The van der Waals surface area contributed by atoms with Crippen LogP contribution in [-0.2, 0) is 0 Å². The summed E-state index contributed by atoms with van der Waals surface area (Å²) in [5.74, 6) is 0.851. The van der Waals surface area contributed by atoms with Crippen molar-refractivity contribution in [3.05, 3.63) is 139 Å². The van der Waals surface area contributed by atoms with Crippen molar-refractivity contribution in [2.24, 2.45) is 5.92 Å². The smallest absolute Gasteiger partial charge is 0.0233 e. The molecular weight excluding hydrogens is 420 g/mol. The van der Waals surface area contributed by atoms with E-state index in [0.29, 0.717) is 0 Å². The molecule has 1 fully saturated rings. The van der Waals surface area contributed by atoms with E-state index in [4.69, 9.17) is 0 Å². The Balaban J connectivity index is 0.000000234. The first-order valence-corrected chi connectivity index (χ1v) is 12.6. The third-order valence-electron chi connectivity index (χ3n) is 5.98. The Labute approximate surface area is 215 Å². The van der Waals surface area contributed by atoms with E-state index < -0.39 is 0 Å². The first-order valence-electron chi connectivity index (χ1n) is 12.6. The second-order valence-electron chi connectivity index (χ2n) is 8.93. The lowest BCUT2D eigenvalue weighted by Gasteiger charge is -2.16. The van der Waals surface area contributed by atoms with Crippen molar-refractivity contribution in [2.45, 2.75) is 52.9 Å². The van der Waals surface area contributed by atoms with Gasteiger partial charge in [-0.2, -0.15) is 0 Å². The quantitative estimate of drug-likeness (QED) is 0.337. The minimum Gasteiger partial charge on any atom is -0.103 e. The lowest BCUT2D eigenvalue weighted by atomic mass is 9.90. The molecule has 1 aliphatic carbocycles. The van der Waals surface area contributed by atoms with Crippen LogP contribution in [0.25, 0.3) is 18.2 Å². The summed E-state index contributed by atoms with van der Waals surface area (Å²) in [5.41, 5.74) is 7.45. The zero-order chi connectivity index (χ0) is 25.9. The molecule has 0 unspecified atom stereocenters. The standard InChI is InChI=1S/3C9H10.C8H14/c1-3-9-6-4-8(2)5-7-9;1-3-9-6-4-5-8(2)7-9;1-3-9-7-5-4-6-8(9)2;1-2-8-6-4-3-5-7-8/h3*3-7H,1H2,2H3;2,8H,1,3-7H2. The van der Waals surface area contributed by atoms with E-state index in [1.807, 2.05) is 42.5 Å². The van der Waals surface area contributed by atoms with Gasteiger partial charge in [-0.25, -0.2) is 0 Å². The third kappa shape index (κ3) is 13.2. The Morgan fingerprint density at radius 3 is 1.66 bits per heavy atom. The van der Waals surface area contributed by atoms with Crippen LogP contribution in [0.3, 0.4) is 0 Å². The average Bonchev–Trinajstić information content (AvgIpc) is 2.91. The lowest BCUT2D eigenvalue weighted by molar-refractivity contribution is 0.420. The minimum atomic E-state index is 0.851. The molecule has 0 aromatic heterocycles. The van der Waals surface area contributed by atoms with Crippen LogP contribution in [-0.4, -0.2) is 0 Å². The molecule has 0 atom stereocenters. The Morgan fingerprint density at radius 2 is 1.23 bits per heavy atom. The van der Waals surface area contributed by atoms with E-state index in [1.54, 1.807) is 0 Å². The summed E-state index contributed by atoms with van der Waals surface area (Å²) in [4.78, 5) is 0. The van der Waals surface area contributed by atoms with E-state index in [2.05, 4.69) is 102 Å². The molecule has 0 saturated heterocycles. The van der Waals surface area contributed by atoms with Crippen LogP contribution in [0.2, 0.25) is 0 Å². The van der Waals surface area contributed by atoms with Gasteiger partial charge in [0.15, 0.2) is 0 Å². The highest BCUT2D eigenvalue weighted by Gasteiger charge is 2.07. The molecular formula is C35H44. The van der Waals surface area contributed by atoms with Crippen LogP contribution in [0.15, 0.2) is 105 Å². The summed E-state index contributed by atoms with van der Waals surface area (Å²) in [6.07, 6.45) is 14.8. The largest absolute Gasteiger partial charge is 0.103 e. The van der Waals surface area contributed by atoms with E-state index in [0.717, 1.165) is 5.92 Å². The van der Waals surface area contributed by atoms with Crippen molar-refractivity contribution < 1.29 is 0 Å². The Kier molecular flexibility index (Phi) is 15.3. The van der Waals surface area contributed by atoms with Gasteiger partial charge >= 0.3 is 0 Å². The number of hydrogen-bond donors (Lipinski definition) is 0. The minimum absolute atomic E-state index is 0.851. The summed E-state index contributed by atoms with van der Waals surface area (Å²) in [5, 5.41) is 0. The maximum atomic E-state index is 3.78. The molecule has 1 saturated carbocycles. The number of allylic oxidation sites excluding steroid dienone is 1. The van der Waals surface area contributed by atoms with Gasteiger partial charge in [-0.3, -0.25) is 0 Å². The van der Waals surface area contributed by atoms with Crippen molar-refractivity contribution >= 4 is 18.2 Å². The molecule has 0 heteroatoms. The highest BCUT2D eigenvalue weighted by molar-refractivity contribution is 5.51. The summed E-state index contributed by atoms with van der Waals surface area (Å²) in [7, 11) is 0. The number of hydrogen-bond acceptors (Lipinski definition) is 0. The van der Waals surface area contributed by atoms with Gasteiger partial charge in [0.2, 0.25) is 0 Å². The lowest BCUT2D eigenvalue weighted by Crippen LogP contribution is -2.01. The normalized spacial score (nSPS) is 12.2. The molecule has 0 bridgehead atoms. The van der Waals surface area contributed by atoms with E-state index in [-0.39, 0.29) is 0 Å². The second-order valence-corrected chi connectivity index (χ2v) is 8.93. The molecule has 3 aromatic carbocycles. The van der Waals surface area contributed by atoms with Crippen molar-refractivity contribution in [3.63, 3.8) is 0 Å². The van der Waals surface area contributed by atoms with Crippen LogP contribution in [0.4, 0.5) is 0 Å². The maximum Gasteiger partial charge on any atom is -0.0233 e. The zero-order valence-corrected chi connectivity index (χ0v) is 22.2. The van der Waals surface area contributed by atoms with Gasteiger partial charge in [0.1, 0.15) is 0 Å². The summed E-state index contributed by atoms with van der Waals surface area (Å²) in [6.45, 7) is 21.0. The average molecular weight is 465 g/mol. The number of rotatable bonds is 4. The first kappa shape index (κ1) is 29.7. The second kappa shape index (κ2) is 18.0. The Bertz CT molecular complexity index is 1010. The molecule has 184 valence electrons. The fourth-order valence-corrected chi connectivity index (χ4v) is 3.69. The van der Waals surface area contributed by atoms with Gasteiger partial charge in [-0.15, -0.1) is 6.58 Å². The maximum absolute atomic E-state index is 3.78. The van der Waals surface area contributed by atoms with Crippen molar-refractivity contribution in [3.8, 4) is 0 Å². The molecule has 35 heavy (non-hydrogen) atoms. The highest BCUT2D eigenvalue weighted by atomic mass is 14.1. The van der Waals surface area contributed by atoms with Gasteiger partial charge in [0, 0.05) is 0 Å². The fourth-order valence-electron chi connectivity index (χ4n) is 3.69. The molecule has 0 nitrogen and oxygen atoms in total. The molecule has 1 aliphatic rings. The summed E-state index contributed by atoms with van der Waals surface area (Å²) in [6, 6.07) is 24.7. The monoisotopic (exact) mass is 464 g/mol. The predicted octanol–water partition coefficient (Wildman–Crippen LogP) is 10.7. The van der Waals surface area contributed by atoms with Crippen LogP contribution in [0, 0.1) is 26.7 Å². The van der Waals surface area contributed by atoms with Gasteiger partial charge in [-0.05, 0) is 61.8 Å². The molecule has 4 rings (SSSR count). The molecule has 0 N–H and O–H groups in total. The molecule has 0 amide bonds. The molecule has 0 aliphatic heterocycles. The molecule has 0 heterocycles. The van der Waals surface area contributed by atoms with Crippen LogP contribution < -0.4 is 0 Å². The van der Waals surface area contributed by atoms with E-state index >= 15 is 0 Å². The summed E-state index contributed by atoms with van der Waals surface area (Å²) < 4.78 is 0. The number of aryl methyl sites for hydroxylation is 3. The predicted molar refractivity (Wildman–Crippen MR) is 161 cm³/mol. The summed E-state index contributed by atoms with van der Waals surface area (Å²) >= 11 is 0. The van der Waals surface area contributed by atoms with Crippen molar-refractivity contribution in [1.29, 1.82) is 0 Å². The SMILES string of the molecule is C=CC1CCCCC1.C=Cc1ccc(C)cc1.C=Cc1cccc(C)c1.C=Cc1ccccc1C. The fraction of sp³-hybridized carbons (Fsp3) is 0.257. The van der Waals surface area contributed by atoms with Gasteiger partial charge in [0.05, 0.1) is 0 Å². The molecule has 0 radical (unpaired) electrons. The molecule has 0 spiro atoms. The van der Waals surface area contributed by atoms with Gasteiger partial charge < -0.3 is 0 Å². The Hall–Kier alpha value is -3.38. The molecule has 3 aromatic rings. The van der Waals surface area contributed by atoms with Crippen molar-refractivity contribution in [2.75, 3.05) is 0 Å². The highest BCUT2D eigenvalue weighted by Crippen LogP contribution is 2.23. The van der Waals surface area contributed by atoms with Crippen LogP contribution >= 0.6 is 0 Å². The van der Waals surface area contributed by atoms with Gasteiger partial charge in [-0.1, -0.05) is 147 Å². The third-order valence-corrected chi connectivity index (χ3v) is 5.98. The van der Waals surface area contributed by atoms with Crippen molar-refractivity contribution in [1.82, 2.24) is 0 Å². The first-order chi connectivity index (χ1) is 16.9. The topological polar surface area (TPSA) is 0 Å². The van der Waals surface area contributed by atoms with E-state index in [1.165, 1.54) is 65.5 Å². The zero-order valence-electron chi connectivity index (χ0n) is 22.2.